The van der Waals surface area contributed by atoms with Crippen LogP contribution in [0.15, 0.2) is 65.1 Å². The summed E-state index contributed by atoms with van der Waals surface area (Å²) < 4.78 is 0.797. The first kappa shape index (κ1) is 20.7. The number of carbonyl (C=O) groups is 1. The molecule has 0 spiro atoms. The second-order valence-electron chi connectivity index (χ2n) is 8.32. The van der Waals surface area contributed by atoms with Gasteiger partial charge in [-0.3, -0.25) is 0 Å². The normalized spacial score (nSPS) is 18.9. The van der Waals surface area contributed by atoms with Gasteiger partial charge >= 0.3 is 5.97 Å². The number of carboxylic acid groups (broad SMARTS) is 1. The summed E-state index contributed by atoms with van der Waals surface area (Å²) in [7, 11) is 0. The summed E-state index contributed by atoms with van der Waals surface area (Å²) in [5, 5.41) is 13.5. The Balaban J connectivity index is 1.87. The average molecular weight is 464 g/mol. The Morgan fingerprint density at radius 1 is 1.07 bits per heavy atom. The highest BCUT2D eigenvalue weighted by atomic mass is 79.9. The molecule has 3 aromatic carbocycles. The molecule has 0 fully saturated rings. The Kier molecular flexibility index (Phi) is 5.70. The SMILES string of the molecule is Cc1ccc(C)c([C@@H]2C[C@H]([C@@H](C)c3ccccc3)Nc3c(C(=O)O)cc(Br)cc32)c1. The van der Waals surface area contributed by atoms with Gasteiger partial charge in [-0.15, -0.1) is 0 Å². The smallest absolute Gasteiger partial charge is 0.337 e. The van der Waals surface area contributed by atoms with Crippen molar-refractivity contribution in [2.75, 3.05) is 5.32 Å². The number of rotatable bonds is 4. The molecule has 1 heterocycles. The maximum Gasteiger partial charge on any atom is 0.337 e. The van der Waals surface area contributed by atoms with Crippen LogP contribution in [-0.2, 0) is 0 Å². The predicted octanol–water partition coefficient (Wildman–Crippen LogP) is 6.88. The Hall–Kier alpha value is -2.59. The molecule has 3 aromatic rings. The van der Waals surface area contributed by atoms with E-state index < -0.39 is 5.97 Å². The summed E-state index contributed by atoms with van der Waals surface area (Å²) in [5.74, 6) is -0.530. The van der Waals surface area contributed by atoms with E-state index in [1.807, 2.05) is 6.07 Å². The van der Waals surface area contributed by atoms with Gasteiger partial charge in [0.25, 0.3) is 0 Å². The molecule has 3 nitrogen and oxygen atoms in total. The zero-order valence-corrected chi connectivity index (χ0v) is 19.0. The van der Waals surface area contributed by atoms with E-state index in [9.17, 15) is 9.90 Å². The summed E-state index contributed by atoms with van der Waals surface area (Å²) in [6.45, 7) is 6.47. The van der Waals surface area contributed by atoms with Crippen LogP contribution in [0, 0.1) is 13.8 Å². The number of hydrogen-bond donors (Lipinski definition) is 2. The number of nitrogens with one attached hydrogen (secondary N) is 1. The van der Waals surface area contributed by atoms with E-state index in [0.29, 0.717) is 5.56 Å². The monoisotopic (exact) mass is 463 g/mol. The highest BCUT2D eigenvalue weighted by molar-refractivity contribution is 9.10. The van der Waals surface area contributed by atoms with E-state index in [1.165, 1.54) is 22.3 Å². The fraction of sp³-hybridized carbons (Fsp3) is 0.269. The van der Waals surface area contributed by atoms with Gasteiger partial charge in [0.05, 0.1) is 11.3 Å². The number of aryl methyl sites for hydroxylation is 2. The third-order valence-corrected chi connectivity index (χ3v) is 6.76. The van der Waals surface area contributed by atoms with Crippen LogP contribution in [0.5, 0.6) is 0 Å². The van der Waals surface area contributed by atoms with Crippen molar-refractivity contribution in [1.82, 2.24) is 0 Å². The topological polar surface area (TPSA) is 49.3 Å². The van der Waals surface area contributed by atoms with E-state index in [1.54, 1.807) is 6.07 Å². The van der Waals surface area contributed by atoms with Crippen LogP contribution >= 0.6 is 15.9 Å². The molecule has 0 aliphatic carbocycles. The van der Waals surface area contributed by atoms with Crippen LogP contribution < -0.4 is 5.32 Å². The first-order valence-electron chi connectivity index (χ1n) is 10.3. The number of aromatic carboxylic acids is 1. The number of halogens is 1. The molecule has 0 saturated carbocycles. The van der Waals surface area contributed by atoms with Crippen LogP contribution in [0.4, 0.5) is 5.69 Å². The van der Waals surface area contributed by atoms with Gasteiger partial charge in [0.2, 0.25) is 0 Å². The molecule has 30 heavy (non-hydrogen) atoms. The molecule has 154 valence electrons. The quantitative estimate of drug-likeness (QED) is 0.442. The molecule has 3 atom stereocenters. The van der Waals surface area contributed by atoms with Crippen molar-refractivity contribution >= 4 is 27.6 Å². The lowest BCUT2D eigenvalue weighted by atomic mass is 9.75. The van der Waals surface area contributed by atoms with Gasteiger partial charge in [0, 0.05) is 22.4 Å². The Labute approximate surface area is 186 Å². The number of fused-ring (bicyclic) bond motifs is 1. The largest absolute Gasteiger partial charge is 0.478 e. The van der Waals surface area contributed by atoms with Crippen LogP contribution in [-0.4, -0.2) is 17.1 Å². The molecule has 4 rings (SSSR count). The second kappa shape index (κ2) is 8.27. The van der Waals surface area contributed by atoms with Gasteiger partial charge in [-0.1, -0.05) is 76.9 Å². The van der Waals surface area contributed by atoms with Crippen LogP contribution in [0.1, 0.15) is 63.4 Å². The summed E-state index contributed by atoms with van der Waals surface area (Å²) in [4.78, 5) is 12.1. The minimum absolute atomic E-state index is 0.129. The van der Waals surface area contributed by atoms with E-state index in [4.69, 9.17) is 0 Å². The minimum Gasteiger partial charge on any atom is -0.478 e. The molecule has 0 bridgehead atoms. The first-order chi connectivity index (χ1) is 14.3. The summed E-state index contributed by atoms with van der Waals surface area (Å²) in [6, 6.07) is 20.9. The maximum atomic E-state index is 12.1. The third kappa shape index (κ3) is 3.89. The van der Waals surface area contributed by atoms with Crippen molar-refractivity contribution in [2.45, 2.75) is 45.1 Å². The zero-order valence-electron chi connectivity index (χ0n) is 17.4. The van der Waals surface area contributed by atoms with Gasteiger partial charge in [-0.25, -0.2) is 4.79 Å². The van der Waals surface area contributed by atoms with E-state index in [0.717, 1.165) is 22.1 Å². The number of anilines is 1. The Morgan fingerprint density at radius 2 is 1.80 bits per heavy atom. The molecule has 0 radical (unpaired) electrons. The first-order valence-corrected chi connectivity index (χ1v) is 11.1. The molecule has 1 aliphatic rings. The molecular weight excluding hydrogens is 438 g/mol. The maximum absolute atomic E-state index is 12.1. The van der Waals surface area contributed by atoms with Crippen LogP contribution in [0.3, 0.4) is 0 Å². The summed E-state index contributed by atoms with van der Waals surface area (Å²) in [5.41, 5.74) is 7.10. The fourth-order valence-corrected chi connectivity index (χ4v) is 5.08. The Bertz CT molecular complexity index is 1090. The van der Waals surface area contributed by atoms with E-state index in [-0.39, 0.29) is 17.9 Å². The van der Waals surface area contributed by atoms with Crippen molar-refractivity contribution < 1.29 is 9.90 Å². The van der Waals surface area contributed by atoms with Crippen molar-refractivity contribution in [3.8, 4) is 0 Å². The lowest BCUT2D eigenvalue weighted by Crippen LogP contribution is -2.34. The Morgan fingerprint density at radius 3 is 2.50 bits per heavy atom. The van der Waals surface area contributed by atoms with Crippen molar-refractivity contribution in [2.24, 2.45) is 0 Å². The average Bonchev–Trinajstić information content (AvgIpc) is 2.74. The third-order valence-electron chi connectivity index (χ3n) is 6.30. The highest BCUT2D eigenvalue weighted by Gasteiger charge is 2.34. The summed E-state index contributed by atoms with van der Waals surface area (Å²) in [6.07, 6.45) is 0.906. The highest BCUT2D eigenvalue weighted by Crippen LogP contribution is 2.45. The molecule has 1 aliphatic heterocycles. The van der Waals surface area contributed by atoms with Crippen LogP contribution in [0.2, 0.25) is 0 Å². The number of carboxylic acids is 1. The van der Waals surface area contributed by atoms with Crippen molar-refractivity contribution in [3.63, 3.8) is 0 Å². The predicted molar refractivity (Wildman–Crippen MR) is 126 cm³/mol. The fourth-order valence-electron chi connectivity index (χ4n) is 4.61. The van der Waals surface area contributed by atoms with E-state index in [2.05, 4.69) is 90.5 Å². The molecule has 0 saturated heterocycles. The molecule has 4 heteroatoms. The number of hydrogen-bond acceptors (Lipinski definition) is 2. The van der Waals surface area contributed by atoms with Crippen LogP contribution in [0.25, 0.3) is 0 Å². The second-order valence-corrected chi connectivity index (χ2v) is 9.24. The molecule has 0 aromatic heterocycles. The van der Waals surface area contributed by atoms with Crippen molar-refractivity contribution in [3.05, 3.63) is 98.5 Å². The van der Waals surface area contributed by atoms with Gasteiger partial charge in [-0.05, 0) is 54.7 Å². The van der Waals surface area contributed by atoms with Crippen molar-refractivity contribution in [1.29, 1.82) is 0 Å². The standard InChI is InChI=1S/C26H26BrNO2/c1-15-9-10-16(2)20(11-15)21-14-24(17(3)18-7-5-4-6-8-18)28-25-22(21)12-19(27)13-23(25)26(29)30/h4-13,17,21,24,28H,14H2,1-3H3,(H,29,30)/t17-,21-,24+/m0/s1. The van der Waals surface area contributed by atoms with Gasteiger partial charge in [-0.2, -0.15) is 0 Å². The number of benzene rings is 3. The lowest BCUT2D eigenvalue weighted by Gasteiger charge is -2.38. The van der Waals surface area contributed by atoms with Gasteiger partial charge in [0.1, 0.15) is 0 Å². The molecular formula is C26H26BrNO2. The van der Waals surface area contributed by atoms with Gasteiger partial charge in [0.15, 0.2) is 0 Å². The zero-order chi connectivity index (χ0) is 21.4. The lowest BCUT2D eigenvalue weighted by molar-refractivity contribution is 0.0697. The summed E-state index contributed by atoms with van der Waals surface area (Å²) >= 11 is 3.53. The minimum atomic E-state index is -0.909. The molecule has 0 amide bonds. The molecule has 2 N–H and O–H groups in total. The molecule has 0 unspecified atom stereocenters. The van der Waals surface area contributed by atoms with Gasteiger partial charge < -0.3 is 10.4 Å². The van der Waals surface area contributed by atoms with E-state index >= 15 is 0 Å².